The number of aliphatic hydroxyl groups is 1. The maximum atomic E-state index is 13.7. The van der Waals surface area contributed by atoms with Crippen LogP contribution in [-0.2, 0) is 23.4 Å². The van der Waals surface area contributed by atoms with Crippen LogP contribution in [0.3, 0.4) is 0 Å². The molecule has 4 rings (SSSR count). The third-order valence-corrected chi connectivity index (χ3v) is 6.26. The predicted octanol–water partition coefficient (Wildman–Crippen LogP) is 5.14. The maximum absolute atomic E-state index is 13.7. The first-order valence-corrected chi connectivity index (χ1v) is 10.8. The fourth-order valence-electron chi connectivity index (χ4n) is 4.56. The van der Waals surface area contributed by atoms with Gasteiger partial charge in [0.05, 0.1) is 13.2 Å². The molecular formula is C24H24F6N2O2. The summed E-state index contributed by atoms with van der Waals surface area (Å²) in [5.74, 6) is 0. The van der Waals surface area contributed by atoms with E-state index < -0.39 is 23.5 Å². The third-order valence-electron chi connectivity index (χ3n) is 6.26. The number of morpholine rings is 1. The summed E-state index contributed by atoms with van der Waals surface area (Å²) < 4.78 is 89.0. The number of aromatic nitrogens is 1. The molecule has 0 radical (unpaired) electrons. The van der Waals surface area contributed by atoms with Gasteiger partial charge < -0.3 is 14.4 Å². The van der Waals surface area contributed by atoms with Crippen molar-refractivity contribution in [1.29, 1.82) is 0 Å². The first-order chi connectivity index (χ1) is 15.9. The highest BCUT2D eigenvalue weighted by molar-refractivity contribution is 5.87. The molecule has 184 valence electrons. The van der Waals surface area contributed by atoms with Gasteiger partial charge in [-0.1, -0.05) is 42.5 Å². The average Bonchev–Trinajstić information content (AvgIpc) is 3.04. The Kier molecular flexibility index (Phi) is 6.43. The number of halogens is 6. The van der Waals surface area contributed by atoms with Gasteiger partial charge in [-0.05, 0) is 24.1 Å². The van der Waals surface area contributed by atoms with Crippen LogP contribution >= 0.6 is 0 Å². The standard InChI is InChI=1S/C24H24F6N2O2/c1-16-21(22(33,23(25,26)27)24(28,29)30)19-7-2-3-8-20(19)32(16)15-18-6-4-5-17(13-18)14-31-9-11-34-12-10-31/h2-8,13,33H,9-12,14-15H2,1H3. The molecule has 3 aromatic rings. The van der Waals surface area contributed by atoms with E-state index in [1.54, 1.807) is 6.07 Å². The number of benzene rings is 2. The summed E-state index contributed by atoms with van der Waals surface area (Å²) in [6.45, 7) is 4.72. The number of nitrogens with zero attached hydrogens (tertiary/aromatic N) is 2. The lowest BCUT2D eigenvalue weighted by atomic mass is 9.89. The lowest BCUT2D eigenvalue weighted by Crippen LogP contribution is -2.54. The van der Waals surface area contributed by atoms with Crippen LogP contribution in [0.4, 0.5) is 26.3 Å². The number of hydrogen-bond donors (Lipinski definition) is 1. The van der Waals surface area contributed by atoms with Crippen LogP contribution in [0, 0.1) is 6.92 Å². The van der Waals surface area contributed by atoms with Gasteiger partial charge in [0.15, 0.2) is 0 Å². The molecule has 0 saturated carbocycles. The Morgan fingerprint density at radius 1 is 0.853 bits per heavy atom. The minimum Gasteiger partial charge on any atom is -0.379 e. The molecule has 34 heavy (non-hydrogen) atoms. The van der Waals surface area contributed by atoms with E-state index in [0.717, 1.165) is 24.2 Å². The van der Waals surface area contributed by atoms with Gasteiger partial charge >= 0.3 is 12.4 Å². The number of hydrogen-bond acceptors (Lipinski definition) is 3. The van der Waals surface area contributed by atoms with Crippen LogP contribution in [0.1, 0.15) is 22.4 Å². The molecule has 1 aliphatic rings. The second kappa shape index (κ2) is 8.90. The van der Waals surface area contributed by atoms with Crippen molar-refractivity contribution in [3.8, 4) is 0 Å². The number of alkyl halides is 6. The fraction of sp³-hybridized carbons (Fsp3) is 0.417. The summed E-state index contributed by atoms with van der Waals surface area (Å²) in [5, 5.41) is 9.87. The van der Waals surface area contributed by atoms with Gasteiger partial charge in [0.2, 0.25) is 0 Å². The quantitative estimate of drug-likeness (QED) is 0.508. The van der Waals surface area contributed by atoms with Crippen molar-refractivity contribution in [2.75, 3.05) is 26.3 Å². The number of fused-ring (bicyclic) bond motifs is 1. The van der Waals surface area contributed by atoms with E-state index in [1.165, 1.54) is 35.8 Å². The van der Waals surface area contributed by atoms with Crippen LogP contribution in [0.15, 0.2) is 48.5 Å². The summed E-state index contributed by atoms with van der Waals surface area (Å²) in [4.78, 5) is 2.21. The minimum atomic E-state index is -5.96. The second-order valence-corrected chi connectivity index (χ2v) is 8.48. The van der Waals surface area contributed by atoms with Gasteiger partial charge in [0.1, 0.15) is 0 Å². The van der Waals surface area contributed by atoms with E-state index in [9.17, 15) is 31.4 Å². The van der Waals surface area contributed by atoms with Crippen molar-refractivity contribution in [1.82, 2.24) is 9.47 Å². The predicted molar refractivity (Wildman–Crippen MR) is 114 cm³/mol. The van der Waals surface area contributed by atoms with E-state index >= 15 is 0 Å². The minimum absolute atomic E-state index is 0.0507. The fourth-order valence-corrected chi connectivity index (χ4v) is 4.56. The molecule has 2 heterocycles. The van der Waals surface area contributed by atoms with Crippen molar-refractivity contribution >= 4 is 10.9 Å². The van der Waals surface area contributed by atoms with Gasteiger partial charge in [-0.3, -0.25) is 4.90 Å². The van der Waals surface area contributed by atoms with Crippen molar-refractivity contribution in [2.45, 2.75) is 38.0 Å². The van der Waals surface area contributed by atoms with Gasteiger partial charge in [0.25, 0.3) is 5.60 Å². The molecule has 2 aromatic carbocycles. The highest BCUT2D eigenvalue weighted by Gasteiger charge is 2.72. The van der Waals surface area contributed by atoms with Gasteiger partial charge in [-0.15, -0.1) is 0 Å². The Hall–Kier alpha value is -2.56. The second-order valence-electron chi connectivity index (χ2n) is 8.48. The molecule has 0 aliphatic carbocycles. The van der Waals surface area contributed by atoms with Gasteiger partial charge in [0, 0.05) is 48.3 Å². The van der Waals surface area contributed by atoms with Crippen LogP contribution in [-0.4, -0.2) is 53.2 Å². The highest BCUT2D eigenvalue weighted by atomic mass is 19.4. The monoisotopic (exact) mass is 486 g/mol. The molecule has 1 saturated heterocycles. The van der Waals surface area contributed by atoms with E-state index in [-0.39, 0.29) is 23.1 Å². The molecule has 1 fully saturated rings. The number of para-hydroxylation sites is 1. The van der Waals surface area contributed by atoms with Crippen LogP contribution in [0.5, 0.6) is 0 Å². The van der Waals surface area contributed by atoms with E-state index in [0.29, 0.717) is 19.8 Å². The topological polar surface area (TPSA) is 37.6 Å². The molecule has 10 heteroatoms. The van der Waals surface area contributed by atoms with Gasteiger partial charge in [-0.2, -0.15) is 26.3 Å². The molecule has 1 aromatic heterocycles. The van der Waals surface area contributed by atoms with E-state index in [4.69, 9.17) is 4.74 Å². The first-order valence-electron chi connectivity index (χ1n) is 10.8. The molecule has 0 amide bonds. The summed E-state index contributed by atoms with van der Waals surface area (Å²) in [6.07, 6.45) is -11.9. The van der Waals surface area contributed by atoms with E-state index in [2.05, 4.69) is 4.90 Å². The summed E-state index contributed by atoms with van der Waals surface area (Å²) in [7, 11) is 0. The highest BCUT2D eigenvalue weighted by Crippen LogP contribution is 2.53. The maximum Gasteiger partial charge on any atom is 0.430 e. The third kappa shape index (κ3) is 4.30. The molecule has 0 bridgehead atoms. The Morgan fingerprint density at radius 2 is 1.44 bits per heavy atom. The molecule has 1 N–H and O–H groups in total. The molecule has 4 nitrogen and oxygen atoms in total. The molecule has 0 atom stereocenters. The molecule has 0 unspecified atom stereocenters. The average molecular weight is 486 g/mol. The van der Waals surface area contributed by atoms with Crippen molar-refractivity contribution < 1.29 is 36.2 Å². The largest absolute Gasteiger partial charge is 0.430 e. The van der Waals surface area contributed by atoms with Gasteiger partial charge in [-0.25, -0.2) is 0 Å². The van der Waals surface area contributed by atoms with Crippen molar-refractivity contribution in [2.24, 2.45) is 0 Å². The Balaban J connectivity index is 1.77. The Morgan fingerprint density at radius 3 is 2.06 bits per heavy atom. The molecule has 1 aliphatic heterocycles. The lowest BCUT2D eigenvalue weighted by Gasteiger charge is -2.33. The zero-order valence-corrected chi connectivity index (χ0v) is 18.4. The van der Waals surface area contributed by atoms with Crippen LogP contribution < -0.4 is 0 Å². The molecule has 0 spiro atoms. The SMILES string of the molecule is Cc1c(C(O)(C(F)(F)F)C(F)(F)F)c2ccccc2n1Cc1cccc(CN2CCOCC2)c1. The summed E-state index contributed by atoms with van der Waals surface area (Å²) >= 11 is 0. The zero-order chi connectivity index (χ0) is 24.7. The Bertz CT molecular complexity index is 1150. The summed E-state index contributed by atoms with van der Waals surface area (Å²) in [5.41, 5.74) is -4.59. The normalized spacial score (nSPS) is 16.4. The molecular weight excluding hydrogens is 462 g/mol. The number of ether oxygens (including phenoxy) is 1. The zero-order valence-electron chi connectivity index (χ0n) is 18.4. The van der Waals surface area contributed by atoms with Crippen LogP contribution in [0.2, 0.25) is 0 Å². The van der Waals surface area contributed by atoms with E-state index in [1.807, 2.05) is 18.2 Å². The van der Waals surface area contributed by atoms with Crippen LogP contribution in [0.25, 0.3) is 10.9 Å². The Labute approximate surface area is 192 Å². The number of rotatable bonds is 5. The smallest absolute Gasteiger partial charge is 0.379 e. The summed E-state index contributed by atoms with van der Waals surface area (Å²) in [6, 6.07) is 12.9. The lowest BCUT2D eigenvalue weighted by molar-refractivity contribution is -0.375. The van der Waals surface area contributed by atoms with Crippen molar-refractivity contribution in [3.05, 3.63) is 70.9 Å². The first kappa shape index (κ1) is 24.6. The van der Waals surface area contributed by atoms with Crippen molar-refractivity contribution in [3.63, 3.8) is 0 Å².